The van der Waals surface area contributed by atoms with Gasteiger partial charge in [-0.05, 0) is 25.5 Å². The van der Waals surface area contributed by atoms with Gasteiger partial charge in [-0.3, -0.25) is 4.21 Å². The Morgan fingerprint density at radius 2 is 2.15 bits per heavy atom. The Bertz CT molecular complexity index is 1110. The summed E-state index contributed by atoms with van der Waals surface area (Å²) in [5.41, 5.74) is 3.56. The van der Waals surface area contributed by atoms with Gasteiger partial charge in [-0.15, -0.1) is 11.3 Å². The average molecular weight is 400 g/mol. The molecule has 1 atom stereocenters. The van der Waals surface area contributed by atoms with Crippen molar-refractivity contribution in [1.29, 1.82) is 0 Å². The highest BCUT2D eigenvalue weighted by Gasteiger charge is 2.18. The zero-order valence-electron chi connectivity index (χ0n) is 15.5. The second-order valence-electron chi connectivity index (χ2n) is 6.44. The quantitative estimate of drug-likeness (QED) is 0.524. The number of aryl methyl sites for hydroxylation is 1. The van der Waals surface area contributed by atoms with E-state index in [1.807, 2.05) is 37.7 Å². The van der Waals surface area contributed by atoms with Crippen LogP contribution in [-0.2, 0) is 17.8 Å². The fourth-order valence-corrected chi connectivity index (χ4v) is 4.84. The van der Waals surface area contributed by atoms with Gasteiger partial charge in [0.2, 0.25) is 0 Å². The number of thiazole rings is 1. The average Bonchev–Trinajstić information content (AvgIpc) is 3.40. The minimum absolute atomic E-state index is 0.656. The van der Waals surface area contributed by atoms with Gasteiger partial charge in [0.15, 0.2) is 0 Å². The molecule has 0 radical (unpaired) electrons. The second-order valence-corrected chi connectivity index (χ2v) is 8.87. The van der Waals surface area contributed by atoms with Crippen LogP contribution in [0.1, 0.15) is 25.6 Å². The van der Waals surface area contributed by atoms with Crippen molar-refractivity contribution in [2.45, 2.75) is 31.7 Å². The van der Waals surface area contributed by atoms with E-state index in [0.717, 1.165) is 56.7 Å². The maximum Gasteiger partial charge on any atom is 0.141 e. The van der Waals surface area contributed by atoms with E-state index in [1.165, 1.54) is 0 Å². The highest BCUT2D eigenvalue weighted by molar-refractivity contribution is 7.85. The standard InChI is InChI=1S/C19H21N5OS2/c1-4-5-8-27(25)17-10-14-13(16-11-21-12(2)24(16)3)9-15(22-18(14)23-17)19-20-6-7-26-19/h6-7,9-11H,4-5,8H2,1-3H3,(H,22,23). The van der Waals surface area contributed by atoms with E-state index >= 15 is 0 Å². The van der Waals surface area contributed by atoms with Gasteiger partial charge >= 0.3 is 0 Å². The highest BCUT2D eigenvalue weighted by Crippen LogP contribution is 2.33. The van der Waals surface area contributed by atoms with Gasteiger partial charge in [-0.1, -0.05) is 13.3 Å². The Morgan fingerprint density at radius 3 is 2.81 bits per heavy atom. The van der Waals surface area contributed by atoms with Crippen molar-refractivity contribution in [3.05, 3.63) is 35.7 Å². The lowest BCUT2D eigenvalue weighted by Crippen LogP contribution is -1.97. The number of nitrogens with zero attached hydrogens (tertiary/aromatic N) is 4. The molecule has 0 saturated carbocycles. The zero-order chi connectivity index (χ0) is 19.0. The number of hydrogen-bond donors (Lipinski definition) is 1. The molecule has 0 aliphatic carbocycles. The first kappa shape index (κ1) is 18.1. The van der Waals surface area contributed by atoms with Crippen LogP contribution in [0.5, 0.6) is 0 Å². The number of nitrogens with one attached hydrogen (secondary N) is 1. The molecule has 6 nitrogen and oxygen atoms in total. The third kappa shape index (κ3) is 3.35. The Hall–Kier alpha value is -2.32. The van der Waals surface area contributed by atoms with E-state index in [2.05, 4.69) is 26.4 Å². The van der Waals surface area contributed by atoms with Crippen LogP contribution in [0.3, 0.4) is 0 Å². The van der Waals surface area contributed by atoms with Crippen LogP contribution in [0.4, 0.5) is 0 Å². The summed E-state index contributed by atoms with van der Waals surface area (Å²) in [6.45, 7) is 4.08. The third-order valence-corrected chi connectivity index (χ3v) is 6.82. The lowest BCUT2D eigenvalue weighted by molar-refractivity contribution is 0.677. The second kappa shape index (κ2) is 7.36. The van der Waals surface area contributed by atoms with Gasteiger partial charge in [0.25, 0.3) is 0 Å². The minimum atomic E-state index is -1.06. The number of fused-ring (bicyclic) bond motifs is 1. The van der Waals surface area contributed by atoms with Crippen molar-refractivity contribution < 1.29 is 4.21 Å². The monoisotopic (exact) mass is 399 g/mol. The van der Waals surface area contributed by atoms with E-state index in [9.17, 15) is 4.21 Å². The summed E-state index contributed by atoms with van der Waals surface area (Å²) in [6.07, 6.45) is 5.61. The number of aromatic nitrogens is 5. The summed E-state index contributed by atoms with van der Waals surface area (Å²) >= 11 is 1.55. The van der Waals surface area contributed by atoms with Gasteiger partial charge in [-0.2, -0.15) is 0 Å². The molecule has 1 unspecified atom stereocenters. The Balaban J connectivity index is 1.91. The number of H-pyrrole nitrogens is 1. The number of pyridine rings is 1. The predicted molar refractivity (Wildman–Crippen MR) is 110 cm³/mol. The third-order valence-electron chi connectivity index (χ3n) is 4.65. The minimum Gasteiger partial charge on any atom is -0.332 e. The maximum absolute atomic E-state index is 12.6. The summed E-state index contributed by atoms with van der Waals surface area (Å²) in [4.78, 5) is 16.9. The number of imidazole rings is 1. The van der Waals surface area contributed by atoms with E-state index in [-0.39, 0.29) is 0 Å². The van der Waals surface area contributed by atoms with Crippen LogP contribution >= 0.6 is 11.3 Å². The van der Waals surface area contributed by atoms with Crippen molar-refractivity contribution in [2.24, 2.45) is 7.05 Å². The summed E-state index contributed by atoms with van der Waals surface area (Å²) in [5, 5.41) is 4.48. The molecule has 0 aliphatic rings. The topological polar surface area (TPSA) is 76.5 Å². The number of rotatable bonds is 6. The Labute approximate surface area is 164 Å². The summed E-state index contributed by atoms with van der Waals surface area (Å²) in [6, 6.07) is 4.02. The molecule has 27 heavy (non-hydrogen) atoms. The molecule has 0 amide bonds. The van der Waals surface area contributed by atoms with Crippen molar-refractivity contribution in [2.75, 3.05) is 5.75 Å². The lowest BCUT2D eigenvalue weighted by atomic mass is 10.1. The van der Waals surface area contributed by atoms with Crippen molar-refractivity contribution in [1.82, 2.24) is 24.5 Å². The molecule has 4 aromatic rings. The van der Waals surface area contributed by atoms with Crippen LogP contribution in [0.25, 0.3) is 33.0 Å². The van der Waals surface area contributed by atoms with Crippen LogP contribution < -0.4 is 0 Å². The van der Waals surface area contributed by atoms with Gasteiger partial charge in [0, 0.05) is 35.3 Å². The molecule has 0 aromatic carbocycles. The van der Waals surface area contributed by atoms with Crippen molar-refractivity contribution >= 4 is 33.2 Å². The summed E-state index contributed by atoms with van der Waals surface area (Å²) in [7, 11) is 0.945. The molecule has 4 aromatic heterocycles. The molecule has 4 heterocycles. The van der Waals surface area contributed by atoms with Crippen molar-refractivity contribution in [3.63, 3.8) is 0 Å². The van der Waals surface area contributed by atoms with Gasteiger partial charge in [-0.25, -0.2) is 15.0 Å². The summed E-state index contributed by atoms with van der Waals surface area (Å²) < 4.78 is 14.7. The predicted octanol–water partition coefficient (Wildman–Crippen LogP) is 4.30. The van der Waals surface area contributed by atoms with Crippen LogP contribution in [0, 0.1) is 6.92 Å². The molecule has 0 bridgehead atoms. The molecule has 0 aliphatic heterocycles. The normalized spacial score (nSPS) is 12.7. The fraction of sp³-hybridized carbons (Fsp3) is 0.316. The Morgan fingerprint density at radius 1 is 1.30 bits per heavy atom. The summed E-state index contributed by atoms with van der Waals surface area (Å²) in [5.74, 6) is 1.59. The van der Waals surface area contributed by atoms with Gasteiger partial charge in [0.05, 0.1) is 22.7 Å². The molecule has 4 rings (SSSR count). The van der Waals surface area contributed by atoms with Gasteiger partial charge < -0.3 is 9.55 Å². The number of aromatic amines is 1. The van der Waals surface area contributed by atoms with E-state index in [1.54, 1.807) is 17.5 Å². The first-order chi connectivity index (χ1) is 13.1. The fourth-order valence-electron chi connectivity index (χ4n) is 3.01. The molecule has 1 N–H and O–H groups in total. The largest absolute Gasteiger partial charge is 0.332 e. The van der Waals surface area contributed by atoms with Crippen LogP contribution in [0.2, 0.25) is 0 Å². The smallest absolute Gasteiger partial charge is 0.141 e. The number of hydrogen-bond acceptors (Lipinski definition) is 5. The SMILES string of the molecule is CCCCS(=O)c1cc2c(-c3cnc(C)n3C)cc(-c3nccs3)nc2[nH]1. The van der Waals surface area contributed by atoms with Crippen LogP contribution in [0.15, 0.2) is 34.9 Å². The molecule has 0 saturated heterocycles. The first-order valence-corrected chi connectivity index (χ1v) is 11.1. The molecular formula is C19H21N5OS2. The molecule has 8 heteroatoms. The van der Waals surface area contributed by atoms with Gasteiger partial charge in [0.1, 0.15) is 27.2 Å². The van der Waals surface area contributed by atoms with Crippen LogP contribution in [-0.4, -0.2) is 34.5 Å². The molecular weight excluding hydrogens is 378 g/mol. The molecule has 140 valence electrons. The van der Waals surface area contributed by atoms with E-state index in [0.29, 0.717) is 5.75 Å². The van der Waals surface area contributed by atoms with E-state index in [4.69, 9.17) is 4.98 Å². The first-order valence-electron chi connectivity index (χ1n) is 8.89. The lowest BCUT2D eigenvalue weighted by Gasteiger charge is -2.07. The Kier molecular flexibility index (Phi) is 4.92. The maximum atomic E-state index is 12.6. The molecule has 0 fully saturated rings. The number of unbranched alkanes of at least 4 members (excludes halogenated alkanes) is 1. The highest BCUT2D eigenvalue weighted by atomic mass is 32.2. The zero-order valence-corrected chi connectivity index (χ0v) is 17.2. The van der Waals surface area contributed by atoms with E-state index < -0.39 is 10.8 Å². The van der Waals surface area contributed by atoms with Crippen molar-refractivity contribution in [3.8, 4) is 22.0 Å². The molecule has 0 spiro atoms.